The molecule has 90 valence electrons. The first kappa shape index (κ1) is 11.0. The van der Waals surface area contributed by atoms with E-state index in [-0.39, 0.29) is 12.1 Å². The van der Waals surface area contributed by atoms with Gasteiger partial charge in [-0.2, -0.15) is 0 Å². The fourth-order valence-electron chi connectivity index (χ4n) is 2.38. The molecule has 0 bridgehead atoms. The monoisotopic (exact) mass is 238 g/mol. The molecule has 18 heavy (non-hydrogen) atoms. The smallest absolute Gasteiger partial charge is 0.339 e. The Bertz CT molecular complexity index is 560. The van der Waals surface area contributed by atoms with Crippen LogP contribution >= 0.6 is 0 Å². The molecule has 0 amide bonds. The van der Waals surface area contributed by atoms with Gasteiger partial charge in [0.15, 0.2) is 0 Å². The zero-order valence-electron chi connectivity index (χ0n) is 10.0. The normalized spacial score (nSPS) is 17.3. The van der Waals surface area contributed by atoms with E-state index < -0.39 is 0 Å². The number of carbonyl (C=O) groups is 1. The molecule has 0 radical (unpaired) electrons. The third kappa shape index (κ3) is 2.02. The van der Waals surface area contributed by atoms with Crippen LogP contribution < -0.4 is 0 Å². The molecule has 1 aliphatic heterocycles. The van der Waals surface area contributed by atoms with Crippen molar-refractivity contribution in [3.63, 3.8) is 0 Å². The van der Waals surface area contributed by atoms with Crippen molar-refractivity contribution >= 4 is 5.97 Å². The molecule has 1 heterocycles. The fourth-order valence-corrected chi connectivity index (χ4v) is 2.38. The van der Waals surface area contributed by atoms with Gasteiger partial charge in [-0.1, -0.05) is 48.5 Å². The summed E-state index contributed by atoms with van der Waals surface area (Å²) in [6.07, 6.45) is 1.67. The van der Waals surface area contributed by atoms with Crippen LogP contribution in [0.2, 0.25) is 0 Å². The molecule has 0 fully saturated rings. The molecule has 0 aromatic heterocycles. The maximum absolute atomic E-state index is 11.7. The molecule has 1 unspecified atom stereocenters. The summed E-state index contributed by atoms with van der Waals surface area (Å²) in [4.78, 5) is 11.7. The molecular formula is C16H14O2. The van der Waals surface area contributed by atoms with Crippen molar-refractivity contribution in [3.8, 4) is 0 Å². The molecule has 2 nitrogen and oxygen atoms in total. The number of cyclic esters (lactones) is 1. The Morgan fingerprint density at radius 2 is 1.67 bits per heavy atom. The summed E-state index contributed by atoms with van der Waals surface area (Å²) >= 11 is 0. The van der Waals surface area contributed by atoms with Crippen LogP contribution in [0.25, 0.3) is 0 Å². The molecule has 2 heteroatoms. The Kier molecular flexibility index (Phi) is 2.85. The van der Waals surface area contributed by atoms with Crippen molar-refractivity contribution in [2.45, 2.75) is 18.9 Å². The quantitative estimate of drug-likeness (QED) is 0.765. The Balaban J connectivity index is 1.74. The van der Waals surface area contributed by atoms with Crippen molar-refractivity contribution < 1.29 is 9.53 Å². The summed E-state index contributed by atoms with van der Waals surface area (Å²) in [7, 11) is 0. The molecule has 0 N–H and O–H groups in total. The lowest BCUT2D eigenvalue weighted by molar-refractivity contribution is 0.0369. The van der Waals surface area contributed by atoms with E-state index in [4.69, 9.17) is 4.74 Å². The van der Waals surface area contributed by atoms with Gasteiger partial charge in [0.2, 0.25) is 0 Å². The average Bonchev–Trinajstić information content (AvgIpc) is 2.75. The fraction of sp³-hybridized carbons (Fsp3) is 0.188. The summed E-state index contributed by atoms with van der Waals surface area (Å²) in [6.45, 7) is 0. The highest BCUT2D eigenvalue weighted by atomic mass is 16.5. The third-order valence-electron chi connectivity index (χ3n) is 3.31. The molecule has 0 aliphatic carbocycles. The number of hydrogen-bond acceptors (Lipinski definition) is 2. The lowest BCUT2D eigenvalue weighted by Crippen LogP contribution is -2.00. The van der Waals surface area contributed by atoms with Gasteiger partial charge in [0.1, 0.15) is 6.10 Å². The number of rotatable bonds is 3. The van der Waals surface area contributed by atoms with Crippen LogP contribution in [0.5, 0.6) is 0 Å². The summed E-state index contributed by atoms with van der Waals surface area (Å²) in [6, 6.07) is 17.9. The summed E-state index contributed by atoms with van der Waals surface area (Å²) in [5, 5.41) is 0. The second-order valence-electron chi connectivity index (χ2n) is 4.51. The van der Waals surface area contributed by atoms with Gasteiger partial charge in [-0.15, -0.1) is 0 Å². The Morgan fingerprint density at radius 3 is 2.50 bits per heavy atom. The molecule has 0 saturated heterocycles. The Labute approximate surface area is 106 Å². The molecular weight excluding hydrogens is 224 g/mol. The molecule has 1 atom stereocenters. The van der Waals surface area contributed by atoms with Crippen LogP contribution in [0.15, 0.2) is 54.6 Å². The summed E-state index contributed by atoms with van der Waals surface area (Å²) < 4.78 is 5.41. The van der Waals surface area contributed by atoms with E-state index >= 15 is 0 Å². The third-order valence-corrected chi connectivity index (χ3v) is 3.31. The second kappa shape index (κ2) is 4.65. The van der Waals surface area contributed by atoms with Crippen LogP contribution in [-0.2, 0) is 11.2 Å². The van der Waals surface area contributed by atoms with Crippen molar-refractivity contribution in [2.75, 3.05) is 0 Å². The van der Waals surface area contributed by atoms with E-state index in [1.807, 2.05) is 42.5 Å². The van der Waals surface area contributed by atoms with Crippen LogP contribution in [-0.4, -0.2) is 5.97 Å². The standard InChI is InChI=1S/C16H14O2/c17-16-14-9-5-4-8-13(14)15(18-16)11-10-12-6-2-1-3-7-12/h1-9,15H,10-11H2. The minimum atomic E-state index is -0.191. The predicted octanol–water partition coefficient (Wildman–Crippen LogP) is 3.53. The van der Waals surface area contributed by atoms with E-state index in [9.17, 15) is 4.79 Å². The first-order valence-corrected chi connectivity index (χ1v) is 6.18. The van der Waals surface area contributed by atoms with Gasteiger partial charge in [0.05, 0.1) is 5.56 Å². The lowest BCUT2D eigenvalue weighted by atomic mass is 9.99. The van der Waals surface area contributed by atoms with Crippen molar-refractivity contribution in [2.24, 2.45) is 0 Å². The molecule has 0 spiro atoms. The van der Waals surface area contributed by atoms with E-state index in [0.717, 1.165) is 24.0 Å². The number of aryl methyl sites for hydroxylation is 1. The second-order valence-corrected chi connectivity index (χ2v) is 4.51. The Morgan fingerprint density at radius 1 is 0.944 bits per heavy atom. The first-order valence-electron chi connectivity index (χ1n) is 6.18. The van der Waals surface area contributed by atoms with Crippen molar-refractivity contribution in [1.29, 1.82) is 0 Å². The lowest BCUT2D eigenvalue weighted by Gasteiger charge is -2.10. The average molecular weight is 238 g/mol. The van der Waals surface area contributed by atoms with Gasteiger partial charge in [-0.25, -0.2) is 4.79 Å². The van der Waals surface area contributed by atoms with E-state index in [1.54, 1.807) is 0 Å². The number of hydrogen-bond donors (Lipinski definition) is 0. The van der Waals surface area contributed by atoms with Crippen LogP contribution in [0.3, 0.4) is 0 Å². The summed E-state index contributed by atoms with van der Waals surface area (Å²) in [5.41, 5.74) is 3.02. The largest absolute Gasteiger partial charge is 0.454 e. The van der Waals surface area contributed by atoms with Crippen molar-refractivity contribution in [3.05, 3.63) is 71.3 Å². The minimum Gasteiger partial charge on any atom is -0.454 e. The number of esters is 1. The highest BCUT2D eigenvalue weighted by Crippen LogP contribution is 2.33. The zero-order valence-corrected chi connectivity index (χ0v) is 10.0. The van der Waals surface area contributed by atoms with Crippen LogP contribution in [0, 0.1) is 0 Å². The molecule has 2 aromatic rings. The van der Waals surface area contributed by atoms with E-state index in [2.05, 4.69) is 12.1 Å². The van der Waals surface area contributed by atoms with Gasteiger partial charge < -0.3 is 4.74 Å². The van der Waals surface area contributed by atoms with Crippen LogP contribution in [0.4, 0.5) is 0 Å². The van der Waals surface area contributed by atoms with Crippen molar-refractivity contribution in [1.82, 2.24) is 0 Å². The zero-order chi connectivity index (χ0) is 12.4. The Hall–Kier alpha value is -2.09. The number of ether oxygens (including phenoxy) is 1. The van der Waals surface area contributed by atoms with Gasteiger partial charge in [0.25, 0.3) is 0 Å². The molecule has 0 saturated carbocycles. The van der Waals surface area contributed by atoms with Crippen LogP contribution in [0.1, 0.15) is 34.0 Å². The molecule has 2 aromatic carbocycles. The number of carbonyl (C=O) groups excluding carboxylic acids is 1. The highest BCUT2D eigenvalue weighted by molar-refractivity contribution is 5.93. The minimum absolute atomic E-state index is 0.0890. The van der Waals surface area contributed by atoms with E-state index in [0.29, 0.717) is 0 Å². The number of fused-ring (bicyclic) bond motifs is 1. The van der Waals surface area contributed by atoms with Gasteiger partial charge in [0, 0.05) is 5.56 Å². The SMILES string of the molecule is O=C1OC(CCc2ccccc2)c2ccccc21. The predicted molar refractivity (Wildman–Crippen MR) is 69.4 cm³/mol. The molecule has 1 aliphatic rings. The maximum atomic E-state index is 11.7. The highest BCUT2D eigenvalue weighted by Gasteiger charge is 2.29. The van der Waals surface area contributed by atoms with Gasteiger partial charge >= 0.3 is 5.97 Å². The first-order chi connectivity index (χ1) is 8.84. The number of benzene rings is 2. The van der Waals surface area contributed by atoms with E-state index in [1.165, 1.54) is 5.56 Å². The molecule has 3 rings (SSSR count). The topological polar surface area (TPSA) is 26.3 Å². The maximum Gasteiger partial charge on any atom is 0.339 e. The summed E-state index contributed by atoms with van der Waals surface area (Å²) in [5.74, 6) is -0.191. The van der Waals surface area contributed by atoms with Gasteiger partial charge in [-0.05, 0) is 24.5 Å². The van der Waals surface area contributed by atoms with Gasteiger partial charge in [-0.3, -0.25) is 0 Å².